The molecule has 0 bridgehead atoms. The van der Waals surface area contributed by atoms with Gasteiger partial charge in [-0.3, -0.25) is 93.1 Å². The van der Waals surface area contributed by atoms with Gasteiger partial charge in [0.05, 0.1) is 71.7 Å². The molecule has 7 amide bonds. The first kappa shape index (κ1) is 86.8. The summed E-state index contributed by atoms with van der Waals surface area (Å²) in [5, 5.41) is 12.7. The van der Waals surface area contributed by atoms with Crippen LogP contribution in [0.1, 0.15) is 104 Å². The second kappa shape index (κ2) is 44.9. The lowest BCUT2D eigenvalue weighted by Gasteiger charge is -2.28. The van der Waals surface area contributed by atoms with Crippen LogP contribution in [0.25, 0.3) is 10.8 Å². The lowest BCUT2D eigenvalue weighted by Crippen LogP contribution is -2.45. The van der Waals surface area contributed by atoms with Crippen molar-refractivity contribution in [2.24, 2.45) is 11.5 Å². The fraction of sp³-hybridized carbons (Fsp3) is 0.242. The Kier molecular flexibility index (Phi) is 33.1. The number of nitrogens with zero attached hydrogens (tertiary/aromatic N) is 13. The average Bonchev–Trinajstić information content (AvgIpc) is 0.739. The Morgan fingerprint density at radius 2 is 0.754 bits per heavy atom. The number of ether oxygens (including phenoxy) is 1. The minimum absolute atomic E-state index is 0.0202. The summed E-state index contributed by atoms with van der Waals surface area (Å²) in [4.78, 5) is 133. The van der Waals surface area contributed by atoms with Gasteiger partial charge in [0, 0.05) is 154 Å². The van der Waals surface area contributed by atoms with Gasteiger partial charge in [0.1, 0.15) is 5.60 Å². The Balaban J connectivity index is 0.000000173. The zero-order chi connectivity index (χ0) is 83.4. The number of carbonyl (C=O) groups is 7. The summed E-state index contributed by atoms with van der Waals surface area (Å²) < 4.78 is 5.23. The third kappa shape index (κ3) is 28.8. The molecule has 0 atom stereocenters. The maximum absolute atomic E-state index is 13.4. The van der Waals surface area contributed by atoms with Crippen molar-refractivity contribution in [2.45, 2.75) is 99.0 Å². The molecule has 27 nitrogen and oxygen atoms in total. The number of primary amides is 1. The van der Waals surface area contributed by atoms with Gasteiger partial charge in [0.25, 0.3) is 11.8 Å². The quantitative estimate of drug-likeness (QED) is 0.0213. The Morgan fingerprint density at radius 1 is 0.407 bits per heavy atom. The summed E-state index contributed by atoms with van der Waals surface area (Å²) in [6.07, 6.45) is 14.2. The third-order valence-corrected chi connectivity index (χ3v) is 18.1. The number of anilines is 3. The summed E-state index contributed by atoms with van der Waals surface area (Å²) in [6, 6.07) is 68.1. The van der Waals surface area contributed by atoms with Crippen LogP contribution in [0.5, 0.6) is 0 Å². The number of benzene rings is 4. The average molecular weight is 1590 g/mol. The number of amides is 7. The topological polar surface area (TPSA) is 348 Å². The molecule has 0 aliphatic carbocycles. The second-order valence-electron chi connectivity index (χ2n) is 28.8. The fourth-order valence-corrected chi connectivity index (χ4v) is 12.8. The molecule has 27 heteroatoms. The van der Waals surface area contributed by atoms with E-state index < -0.39 is 23.5 Å². The molecule has 1 aliphatic heterocycles. The maximum Gasteiger partial charge on any atom is 0.407 e. The Bertz CT molecular complexity index is 4980. The zero-order valence-corrected chi connectivity index (χ0v) is 67.0. The lowest BCUT2D eigenvalue weighted by atomic mass is 9.93. The number of aryl methyl sites for hydroxylation is 2. The van der Waals surface area contributed by atoms with Crippen LogP contribution in [0, 0.1) is 13.8 Å². The van der Waals surface area contributed by atoms with Crippen molar-refractivity contribution in [1.82, 2.24) is 69.7 Å². The molecule has 9 heterocycles. The summed E-state index contributed by atoms with van der Waals surface area (Å²) in [6.45, 7) is 15.0. The maximum atomic E-state index is 13.4. The van der Waals surface area contributed by atoms with Crippen molar-refractivity contribution >= 4 is 69.4 Å². The second-order valence-corrected chi connectivity index (χ2v) is 28.8. The van der Waals surface area contributed by atoms with E-state index in [0.29, 0.717) is 86.5 Å². The number of pyridine rings is 8. The van der Waals surface area contributed by atoms with Crippen LogP contribution in [0.4, 0.5) is 21.9 Å². The molecular weight excluding hydrogens is 1490 g/mol. The SMILES string of the molecule is CC(C)(C)OC(=O)NCCN1C(=O)c2cccc3c(NC(=O)CN(Cc4ccccn4)Cc4ccccn4)ccc(c23)C1=O.Cc1cccc(C)c1NC(=O)CN(Cc1ccccn1)Cc1ccccn1.NC(=O)CN(Cc1ccccn1)Cc1ccccn1.NCCc1ccc(NC(=O)CN(Cc2ccccn2)Cc2ccccn2)cc1. The molecule has 8 aromatic heterocycles. The van der Waals surface area contributed by atoms with Crippen LogP contribution >= 0.6 is 0 Å². The highest BCUT2D eigenvalue weighted by Gasteiger charge is 2.34. The van der Waals surface area contributed by atoms with E-state index in [-0.39, 0.29) is 62.9 Å². The first-order chi connectivity index (χ1) is 57.2. The van der Waals surface area contributed by atoms with Crippen LogP contribution in [0.15, 0.2) is 268 Å². The minimum Gasteiger partial charge on any atom is -0.444 e. The van der Waals surface area contributed by atoms with E-state index in [4.69, 9.17) is 16.2 Å². The number of rotatable bonds is 32. The fourth-order valence-electron chi connectivity index (χ4n) is 12.8. The third-order valence-electron chi connectivity index (χ3n) is 18.1. The number of aromatic nitrogens is 8. The highest BCUT2D eigenvalue weighted by Crippen LogP contribution is 2.35. The normalized spacial score (nSPS) is 11.5. The number of para-hydroxylation sites is 1. The molecule has 0 spiro atoms. The van der Waals surface area contributed by atoms with E-state index in [1.54, 1.807) is 101 Å². The monoisotopic (exact) mass is 1590 g/mol. The number of hydrogen-bond acceptors (Lipinski definition) is 21. The van der Waals surface area contributed by atoms with E-state index in [1.165, 1.54) is 0 Å². The number of alkyl carbamates (subject to hydrolysis) is 1. The molecule has 0 saturated heterocycles. The summed E-state index contributed by atoms with van der Waals surface area (Å²) in [5.41, 5.74) is 23.4. The Hall–Kier alpha value is -13.6. The first-order valence-corrected chi connectivity index (χ1v) is 38.7. The van der Waals surface area contributed by atoms with E-state index in [2.05, 4.69) is 61.1 Å². The van der Waals surface area contributed by atoms with Crippen molar-refractivity contribution in [3.8, 4) is 0 Å². The number of nitrogens with one attached hydrogen (secondary N) is 4. The van der Waals surface area contributed by atoms with E-state index in [9.17, 15) is 33.6 Å². The predicted octanol–water partition coefficient (Wildman–Crippen LogP) is 11.7. The number of imide groups is 1. The number of hydrogen-bond donors (Lipinski definition) is 6. The summed E-state index contributed by atoms with van der Waals surface area (Å²) in [7, 11) is 0. The first-order valence-electron chi connectivity index (χ1n) is 38.7. The van der Waals surface area contributed by atoms with Gasteiger partial charge in [-0.25, -0.2) is 4.79 Å². The van der Waals surface area contributed by atoms with Gasteiger partial charge in [-0.2, -0.15) is 0 Å². The molecular formula is C91H99N19O8. The van der Waals surface area contributed by atoms with Gasteiger partial charge in [-0.1, -0.05) is 91.0 Å². The summed E-state index contributed by atoms with van der Waals surface area (Å²) >= 11 is 0. The lowest BCUT2D eigenvalue weighted by molar-refractivity contribution is -0.120. The van der Waals surface area contributed by atoms with Crippen molar-refractivity contribution in [2.75, 3.05) is 61.8 Å². The highest BCUT2D eigenvalue weighted by atomic mass is 16.6. The van der Waals surface area contributed by atoms with E-state index in [1.807, 2.05) is 222 Å². The van der Waals surface area contributed by atoms with Gasteiger partial charge in [0.2, 0.25) is 23.6 Å². The zero-order valence-electron chi connectivity index (χ0n) is 67.0. The van der Waals surface area contributed by atoms with Crippen LogP contribution in [0.3, 0.4) is 0 Å². The van der Waals surface area contributed by atoms with Crippen molar-refractivity contribution in [3.63, 3.8) is 0 Å². The molecule has 0 saturated carbocycles. The molecule has 12 aromatic rings. The van der Waals surface area contributed by atoms with Gasteiger partial charge in [-0.05, 0) is 192 Å². The van der Waals surface area contributed by atoms with Crippen molar-refractivity contribution < 1.29 is 38.3 Å². The van der Waals surface area contributed by atoms with Crippen molar-refractivity contribution in [3.05, 3.63) is 341 Å². The van der Waals surface area contributed by atoms with Gasteiger partial charge >= 0.3 is 6.09 Å². The highest BCUT2D eigenvalue weighted by molar-refractivity contribution is 6.27. The predicted molar refractivity (Wildman–Crippen MR) is 454 cm³/mol. The van der Waals surface area contributed by atoms with Gasteiger partial charge in [-0.15, -0.1) is 0 Å². The van der Waals surface area contributed by atoms with E-state index in [0.717, 1.165) is 84.9 Å². The molecule has 118 heavy (non-hydrogen) atoms. The smallest absolute Gasteiger partial charge is 0.407 e. The number of nitrogens with two attached hydrogens (primary N) is 2. The van der Waals surface area contributed by atoms with Crippen LogP contribution in [-0.2, 0) is 82.7 Å². The molecule has 0 fully saturated rings. The summed E-state index contributed by atoms with van der Waals surface area (Å²) in [5.74, 6) is -1.68. The number of carbonyl (C=O) groups excluding carboxylic acids is 7. The molecule has 13 rings (SSSR count). The Morgan fingerprint density at radius 3 is 1.10 bits per heavy atom. The van der Waals surface area contributed by atoms with Gasteiger partial charge < -0.3 is 37.5 Å². The van der Waals surface area contributed by atoms with Crippen molar-refractivity contribution in [1.29, 1.82) is 0 Å². The Labute approximate surface area is 687 Å². The van der Waals surface area contributed by atoms with E-state index >= 15 is 0 Å². The molecule has 1 aliphatic rings. The molecule has 4 aromatic carbocycles. The molecule has 0 radical (unpaired) electrons. The van der Waals surface area contributed by atoms with Crippen LogP contribution in [0.2, 0.25) is 0 Å². The molecule has 606 valence electrons. The minimum atomic E-state index is -0.668. The standard InChI is InChI=1S/C33H34N6O5.C22H25N5O.C22H24N4O.C14H16N4O/c1-33(2,3)44-32(43)36-17-18-39-30(41)25-12-8-11-24-27(14-13-26(29(24)25)31(39)42)37-28(40)21-38(19-22-9-4-6-15-34-22)20-23-10-5-7-16-35-23;23-12-11-18-7-9-19(10-8-18)26-22(28)17-27(15-20-5-1-3-13-24-20)16-21-6-2-4-14-25-21;1-17-8-7-9-18(2)22(17)25-21(27)16-26(14-19-10-3-5-12-23-19)15-20-11-4-6-13-24-20;15-14(19)11-18(9-12-5-1-3-7-16-12)10-13-6-2-4-8-17-13/h4-16H,17-21H2,1-3H3,(H,36,43)(H,37,40);1-10,13-14H,11-12,15-17,23H2,(H,26,28);3-13H,14-16H2,1-2H3,(H,25,27);1-8H,9-11H2,(H2,15,19). The van der Waals surface area contributed by atoms with Crippen LogP contribution in [-0.4, -0.2) is 157 Å². The molecule has 8 N–H and O–H groups in total. The van der Waals surface area contributed by atoms with Gasteiger partial charge in [0.15, 0.2) is 0 Å². The van der Waals surface area contributed by atoms with Crippen LogP contribution < -0.4 is 32.7 Å². The largest absolute Gasteiger partial charge is 0.444 e. The molecule has 0 unspecified atom stereocenters.